The average molecular weight is 524 g/mol. The van der Waals surface area contributed by atoms with E-state index in [9.17, 15) is 18.4 Å². The number of hydrogen-bond donors (Lipinski definition) is 4. The van der Waals surface area contributed by atoms with E-state index in [0.29, 0.717) is 29.4 Å². The lowest BCUT2D eigenvalue weighted by atomic mass is 10.1. The Morgan fingerprint density at radius 3 is 2.49 bits per heavy atom. The summed E-state index contributed by atoms with van der Waals surface area (Å²) in [7, 11) is -4.85. The van der Waals surface area contributed by atoms with Crippen LogP contribution in [0, 0.1) is 0 Å². The number of nitrogens with zero attached hydrogens (tertiary/aromatic N) is 1. The highest BCUT2D eigenvalue weighted by atomic mass is 32.2. The fourth-order valence-electron chi connectivity index (χ4n) is 3.45. The van der Waals surface area contributed by atoms with Crippen LogP contribution < -0.4 is 16.6 Å². The predicted molar refractivity (Wildman–Crippen MR) is 136 cm³/mol. The number of anilines is 1. The number of H-pyrrole nitrogens is 2. The minimum absolute atomic E-state index is 0.0621. The van der Waals surface area contributed by atoms with E-state index in [2.05, 4.69) is 20.3 Å². The first kappa shape index (κ1) is 26.8. The third-order valence-electron chi connectivity index (χ3n) is 5.04. The van der Waals surface area contributed by atoms with Crippen LogP contribution in [0.25, 0.3) is 11.0 Å². The van der Waals surface area contributed by atoms with Crippen molar-refractivity contribution in [2.75, 3.05) is 36.7 Å². The van der Waals surface area contributed by atoms with Gasteiger partial charge in [0.1, 0.15) is 11.1 Å². The molecule has 0 saturated carbocycles. The molecule has 11 nitrogen and oxygen atoms in total. The van der Waals surface area contributed by atoms with Crippen LogP contribution >= 0.6 is 7.60 Å². The van der Waals surface area contributed by atoms with E-state index in [-0.39, 0.29) is 48.4 Å². The van der Waals surface area contributed by atoms with E-state index in [1.165, 1.54) is 0 Å². The molecule has 5 N–H and O–H groups in total. The molecule has 1 amide bonds. The van der Waals surface area contributed by atoms with Gasteiger partial charge in [-0.05, 0) is 50.5 Å². The van der Waals surface area contributed by atoms with Crippen molar-refractivity contribution in [3.8, 4) is 0 Å². The number of nitrogen functional groups attached to an aromatic ring is 1. The van der Waals surface area contributed by atoms with Crippen LogP contribution in [0.4, 0.5) is 5.95 Å². The van der Waals surface area contributed by atoms with Gasteiger partial charge in [-0.25, -0.2) is 0 Å². The Morgan fingerprint density at radius 1 is 1.14 bits per heavy atom. The van der Waals surface area contributed by atoms with Gasteiger partial charge in [-0.2, -0.15) is 4.98 Å². The Bertz CT molecular complexity index is 1280. The van der Waals surface area contributed by atoms with Gasteiger partial charge >= 0.3 is 7.60 Å². The molecule has 1 aromatic carbocycles. The first-order valence-electron chi connectivity index (χ1n) is 11.2. The van der Waals surface area contributed by atoms with E-state index < -0.39 is 18.4 Å². The number of carbonyl (C=O) groups excluding carboxylic acids is 1. The van der Waals surface area contributed by atoms with Crippen molar-refractivity contribution in [2.45, 2.75) is 26.7 Å². The number of nitrogens with one attached hydrogen (secondary N) is 3. The molecule has 0 bridgehead atoms. The summed E-state index contributed by atoms with van der Waals surface area (Å²) in [5.41, 5.74) is 7.89. The second kappa shape index (κ2) is 12.3. The SMILES string of the molecule is CCOP(=O)(CS(=O)CCNC(=O)c1ccc(CCc2cc3c(=O)[nH]c(N)nc3[nH]2)cc1)OCC. The number of aromatic nitrogens is 3. The predicted octanol–water partition coefficient (Wildman–Crippen LogP) is 2.32. The van der Waals surface area contributed by atoms with Crippen molar-refractivity contribution >= 4 is 41.3 Å². The topological polar surface area (TPSA) is 169 Å². The maximum Gasteiger partial charge on any atom is 0.343 e. The summed E-state index contributed by atoms with van der Waals surface area (Å²) in [6, 6.07) is 8.92. The highest BCUT2D eigenvalue weighted by molar-refractivity contribution is 7.92. The number of benzene rings is 1. The number of rotatable bonds is 13. The lowest BCUT2D eigenvalue weighted by Crippen LogP contribution is -2.28. The molecule has 1 unspecified atom stereocenters. The average Bonchev–Trinajstić information content (AvgIpc) is 3.21. The summed E-state index contributed by atoms with van der Waals surface area (Å²) in [6.07, 6.45) is 1.35. The summed E-state index contributed by atoms with van der Waals surface area (Å²) in [5, 5.41) is 3.18. The summed E-state index contributed by atoms with van der Waals surface area (Å²) in [4.78, 5) is 34.0. The highest BCUT2D eigenvalue weighted by Crippen LogP contribution is 2.48. The normalized spacial score (nSPS) is 12.6. The lowest BCUT2D eigenvalue weighted by molar-refractivity contribution is 0.0956. The van der Waals surface area contributed by atoms with Crippen molar-refractivity contribution in [1.82, 2.24) is 20.3 Å². The minimum atomic E-state index is -3.39. The van der Waals surface area contributed by atoms with Crippen molar-refractivity contribution in [1.29, 1.82) is 0 Å². The first-order chi connectivity index (χ1) is 16.7. The van der Waals surface area contributed by atoms with Crippen LogP contribution in [0.2, 0.25) is 0 Å². The Labute approximate surface area is 205 Å². The molecule has 13 heteroatoms. The molecule has 3 rings (SSSR count). The van der Waals surface area contributed by atoms with E-state index in [1.54, 1.807) is 32.0 Å². The van der Waals surface area contributed by atoms with Gasteiger partial charge < -0.3 is 25.1 Å². The summed E-state index contributed by atoms with van der Waals surface area (Å²) >= 11 is 0. The maximum atomic E-state index is 12.4. The van der Waals surface area contributed by atoms with E-state index >= 15 is 0 Å². The monoisotopic (exact) mass is 523 g/mol. The van der Waals surface area contributed by atoms with Crippen molar-refractivity contribution in [3.05, 3.63) is 57.5 Å². The molecule has 0 aliphatic carbocycles. The third kappa shape index (κ3) is 7.60. The molecule has 0 spiro atoms. The van der Waals surface area contributed by atoms with Gasteiger partial charge in [0.15, 0.2) is 0 Å². The van der Waals surface area contributed by atoms with Gasteiger partial charge in [-0.3, -0.25) is 23.3 Å². The van der Waals surface area contributed by atoms with Gasteiger partial charge in [0.05, 0.1) is 18.6 Å². The Morgan fingerprint density at radius 2 is 1.83 bits per heavy atom. The summed E-state index contributed by atoms with van der Waals surface area (Å²) in [6.45, 7) is 3.96. The van der Waals surface area contributed by atoms with Gasteiger partial charge in [-0.15, -0.1) is 0 Å². The Hall–Kier alpha value is -2.79. The van der Waals surface area contributed by atoms with Gasteiger partial charge in [0.25, 0.3) is 11.5 Å². The van der Waals surface area contributed by atoms with Crippen LogP contribution in [0.5, 0.6) is 0 Å². The van der Waals surface area contributed by atoms with Crippen molar-refractivity contribution in [3.63, 3.8) is 0 Å². The number of nitrogens with two attached hydrogens (primary N) is 1. The summed E-state index contributed by atoms with van der Waals surface area (Å²) < 4.78 is 35.0. The molecule has 0 fully saturated rings. The zero-order valence-electron chi connectivity index (χ0n) is 19.7. The number of hydrogen-bond acceptors (Lipinski definition) is 8. The Balaban J connectivity index is 1.47. The fraction of sp³-hybridized carbons (Fsp3) is 0.409. The standard InChI is InChI=1S/C22H30N5O6PS/c1-3-32-34(30,33-4-2)14-35(31)12-11-24-20(28)16-8-5-15(6-9-16)7-10-17-13-18-19(25-17)26-22(23)27-21(18)29/h5-6,8-9,13H,3-4,7,10-12,14H2,1-2H3,(H,24,28)(H4,23,25,26,27,29). The molecule has 3 aromatic rings. The molecule has 2 heterocycles. The third-order valence-corrected chi connectivity index (χ3v) is 9.42. The number of amides is 1. The molecular formula is C22H30N5O6PS. The molecule has 190 valence electrons. The molecule has 0 aliphatic rings. The minimum Gasteiger partial charge on any atom is -0.369 e. The quantitative estimate of drug-likeness (QED) is 0.247. The maximum absolute atomic E-state index is 12.4. The molecule has 0 aliphatic heterocycles. The van der Waals surface area contributed by atoms with Gasteiger partial charge in [-0.1, -0.05) is 12.1 Å². The number of aryl methyl sites for hydroxylation is 2. The first-order valence-corrected chi connectivity index (χ1v) is 14.4. The van der Waals surface area contributed by atoms with E-state index in [0.717, 1.165) is 11.3 Å². The molecule has 0 saturated heterocycles. The highest BCUT2D eigenvalue weighted by Gasteiger charge is 2.26. The van der Waals surface area contributed by atoms with Crippen LogP contribution in [-0.2, 0) is 37.3 Å². The van der Waals surface area contributed by atoms with Gasteiger partial charge in [0, 0.05) is 34.4 Å². The number of fused-ring (bicyclic) bond motifs is 1. The number of carbonyl (C=O) groups is 1. The number of aromatic amines is 2. The second-order valence-corrected chi connectivity index (χ2v) is 11.7. The smallest absolute Gasteiger partial charge is 0.343 e. The molecule has 2 aromatic heterocycles. The van der Waals surface area contributed by atoms with Crippen molar-refractivity contribution < 1.29 is 22.6 Å². The van der Waals surface area contributed by atoms with Crippen LogP contribution in [0.3, 0.4) is 0 Å². The zero-order chi connectivity index (χ0) is 25.4. The molecular weight excluding hydrogens is 493 g/mol. The van der Waals surface area contributed by atoms with Crippen LogP contribution in [0.1, 0.15) is 35.5 Å². The van der Waals surface area contributed by atoms with Crippen LogP contribution in [0.15, 0.2) is 35.1 Å². The molecule has 1 atom stereocenters. The second-order valence-electron chi connectivity index (χ2n) is 7.68. The Kier molecular flexibility index (Phi) is 9.39. The van der Waals surface area contributed by atoms with Crippen molar-refractivity contribution in [2.24, 2.45) is 0 Å². The zero-order valence-corrected chi connectivity index (χ0v) is 21.4. The summed E-state index contributed by atoms with van der Waals surface area (Å²) in [5.74, 6) is -0.0844. The molecule has 0 radical (unpaired) electrons. The van der Waals surface area contributed by atoms with Gasteiger partial charge in [0.2, 0.25) is 5.95 Å². The lowest BCUT2D eigenvalue weighted by Gasteiger charge is -2.16. The largest absolute Gasteiger partial charge is 0.369 e. The van der Waals surface area contributed by atoms with Crippen LogP contribution in [-0.4, -0.2) is 56.1 Å². The van der Waals surface area contributed by atoms with E-state index in [4.69, 9.17) is 14.8 Å². The van der Waals surface area contributed by atoms with E-state index in [1.807, 2.05) is 12.1 Å². The fourth-order valence-corrected chi connectivity index (χ4v) is 7.17. The molecule has 35 heavy (non-hydrogen) atoms.